The topological polar surface area (TPSA) is 52.3 Å². The van der Waals surface area contributed by atoms with Gasteiger partial charge in [0.2, 0.25) is 0 Å². The molecule has 0 aromatic heterocycles. The van der Waals surface area contributed by atoms with Crippen LogP contribution >= 0.6 is 0 Å². The van der Waals surface area contributed by atoms with Gasteiger partial charge >= 0.3 is 0 Å². The Labute approximate surface area is 123 Å². The highest BCUT2D eigenvalue weighted by molar-refractivity contribution is 6.05. The molecule has 0 radical (unpaired) electrons. The second kappa shape index (κ2) is 5.56. The highest BCUT2D eigenvalue weighted by Gasteiger charge is 2.32. The average molecular weight is 287 g/mol. The predicted octanol–water partition coefficient (Wildman–Crippen LogP) is 3.58. The van der Waals surface area contributed by atoms with Crippen molar-refractivity contribution in [2.45, 2.75) is 19.3 Å². The Hall–Kier alpha value is -2.36. The van der Waals surface area contributed by atoms with Gasteiger partial charge < -0.3 is 10.5 Å². The number of hydrogen-bond donors (Lipinski definition) is 1. The molecule has 4 heteroatoms. The molecule has 0 bridgehead atoms. The highest BCUT2D eigenvalue weighted by atomic mass is 19.1. The number of rotatable bonds is 4. The molecule has 0 fully saturated rings. The minimum absolute atomic E-state index is 0.0356. The normalized spacial score (nSPS) is 11.2. The number of carbonyl (C=O) groups excluding carboxylic acids is 1. The van der Waals surface area contributed by atoms with Gasteiger partial charge in [0, 0.05) is 0 Å². The van der Waals surface area contributed by atoms with E-state index in [4.69, 9.17) is 10.5 Å². The smallest absolute Gasteiger partial charge is 0.176 e. The van der Waals surface area contributed by atoms with Gasteiger partial charge in [-0.1, -0.05) is 18.2 Å². The summed E-state index contributed by atoms with van der Waals surface area (Å²) in [6, 6.07) is 11.4. The van der Waals surface area contributed by atoms with Crippen LogP contribution in [0.4, 0.5) is 10.1 Å². The SMILES string of the molecule is COc1ccccc1C(=O)C(C)(C)c1ccc(F)c(N)c1. The van der Waals surface area contributed by atoms with Crippen LogP contribution in [0.1, 0.15) is 29.8 Å². The number of anilines is 1. The summed E-state index contributed by atoms with van der Waals surface area (Å²) in [7, 11) is 1.52. The van der Waals surface area contributed by atoms with Gasteiger partial charge in [0.05, 0.1) is 23.8 Å². The molecule has 0 spiro atoms. The third kappa shape index (κ3) is 2.75. The number of halogens is 1. The fourth-order valence-electron chi connectivity index (χ4n) is 2.23. The van der Waals surface area contributed by atoms with Crippen molar-refractivity contribution in [3.8, 4) is 5.75 Å². The fraction of sp³-hybridized carbons (Fsp3) is 0.235. The van der Waals surface area contributed by atoms with Crippen LogP contribution < -0.4 is 10.5 Å². The zero-order valence-corrected chi connectivity index (χ0v) is 12.3. The first kappa shape index (κ1) is 15.0. The van der Waals surface area contributed by atoms with E-state index in [2.05, 4.69) is 0 Å². The summed E-state index contributed by atoms with van der Waals surface area (Å²) in [5.41, 5.74) is 5.96. The van der Waals surface area contributed by atoms with Crippen LogP contribution in [0.2, 0.25) is 0 Å². The molecular formula is C17H18FNO2. The molecular weight excluding hydrogens is 269 g/mol. The van der Waals surface area contributed by atoms with Crippen LogP contribution in [0.5, 0.6) is 5.75 Å². The summed E-state index contributed by atoms with van der Waals surface area (Å²) in [4.78, 5) is 12.8. The first-order chi connectivity index (χ1) is 9.87. The van der Waals surface area contributed by atoms with Crippen LogP contribution in [-0.4, -0.2) is 12.9 Å². The van der Waals surface area contributed by atoms with Gasteiger partial charge in [-0.25, -0.2) is 4.39 Å². The molecule has 0 heterocycles. The average Bonchev–Trinajstić information content (AvgIpc) is 2.49. The summed E-state index contributed by atoms with van der Waals surface area (Å²) >= 11 is 0. The monoisotopic (exact) mass is 287 g/mol. The van der Waals surface area contributed by atoms with E-state index < -0.39 is 11.2 Å². The second-order valence-corrected chi connectivity index (χ2v) is 5.39. The number of Topliss-reactive ketones (excluding diaryl/α,β-unsaturated/α-hetero) is 1. The number of ether oxygens (including phenoxy) is 1. The van der Waals surface area contributed by atoms with Gasteiger partial charge in [0.25, 0.3) is 0 Å². The van der Waals surface area contributed by atoms with Crippen LogP contribution in [0.25, 0.3) is 0 Å². The number of methoxy groups -OCH3 is 1. The Bertz CT molecular complexity index is 680. The molecule has 2 aromatic carbocycles. The Morgan fingerprint density at radius 1 is 1.19 bits per heavy atom. The van der Waals surface area contributed by atoms with Crippen molar-refractivity contribution in [1.29, 1.82) is 0 Å². The van der Waals surface area contributed by atoms with Crippen LogP contribution in [0.3, 0.4) is 0 Å². The number of nitrogens with two attached hydrogens (primary N) is 1. The lowest BCUT2D eigenvalue weighted by atomic mass is 9.77. The third-order valence-electron chi connectivity index (χ3n) is 3.64. The molecule has 21 heavy (non-hydrogen) atoms. The quantitative estimate of drug-likeness (QED) is 0.690. The second-order valence-electron chi connectivity index (χ2n) is 5.39. The number of para-hydroxylation sites is 1. The molecule has 2 aromatic rings. The van der Waals surface area contributed by atoms with E-state index in [1.54, 1.807) is 44.2 Å². The summed E-state index contributed by atoms with van der Waals surface area (Å²) in [6.45, 7) is 3.57. The molecule has 3 nitrogen and oxygen atoms in total. The lowest BCUT2D eigenvalue weighted by Crippen LogP contribution is -2.29. The Balaban J connectivity index is 2.47. The van der Waals surface area contributed by atoms with Gasteiger partial charge in [-0.3, -0.25) is 4.79 Å². The zero-order chi connectivity index (χ0) is 15.6. The minimum atomic E-state index is -0.837. The summed E-state index contributed by atoms with van der Waals surface area (Å²) < 4.78 is 18.5. The largest absolute Gasteiger partial charge is 0.496 e. The number of nitrogen functional groups attached to an aromatic ring is 1. The van der Waals surface area contributed by atoms with Gasteiger partial charge in [-0.05, 0) is 43.7 Å². The first-order valence-corrected chi connectivity index (χ1v) is 6.61. The molecule has 110 valence electrons. The standard InChI is InChI=1S/C17H18FNO2/c1-17(2,11-8-9-13(18)14(19)10-11)16(20)12-6-4-5-7-15(12)21-3/h4-10H,19H2,1-3H3. The summed E-state index contributed by atoms with van der Waals surface area (Å²) in [5, 5.41) is 0. The van der Waals surface area contributed by atoms with Gasteiger partial charge in [-0.15, -0.1) is 0 Å². The van der Waals surface area contributed by atoms with E-state index >= 15 is 0 Å². The van der Waals surface area contributed by atoms with E-state index in [0.29, 0.717) is 16.9 Å². The number of carbonyl (C=O) groups is 1. The molecule has 2 rings (SSSR count). The minimum Gasteiger partial charge on any atom is -0.496 e. The Kier molecular flexibility index (Phi) is 3.98. The number of ketones is 1. The van der Waals surface area contributed by atoms with Crippen molar-refractivity contribution in [2.75, 3.05) is 12.8 Å². The molecule has 2 N–H and O–H groups in total. The first-order valence-electron chi connectivity index (χ1n) is 6.61. The maximum Gasteiger partial charge on any atom is 0.176 e. The van der Waals surface area contributed by atoms with Crippen LogP contribution in [0, 0.1) is 5.82 Å². The Morgan fingerprint density at radius 3 is 2.48 bits per heavy atom. The van der Waals surface area contributed by atoms with E-state index in [1.807, 2.05) is 0 Å². The molecule has 0 aliphatic heterocycles. The molecule has 0 amide bonds. The highest BCUT2D eigenvalue weighted by Crippen LogP contribution is 2.32. The third-order valence-corrected chi connectivity index (χ3v) is 3.64. The van der Waals surface area contributed by atoms with Crippen molar-refractivity contribution < 1.29 is 13.9 Å². The van der Waals surface area contributed by atoms with Gasteiger partial charge in [-0.2, -0.15) is 0 Å². The van der Waals surface area contributed by atoms with Crippen molar-refractivity contribution >= 4 is 11.5 Å². The molecule has 0 aliphatic carbocycles. The molecule has 0 saturated heterocycles. The van der Waals surface area contributed by atoms with Crippen LogP contribution in [0.15, 0.2) is 42.5 Å². The number of hydrogen-bond acceptors (Lipinski definition) is 3. The van der Waals surface area contributed by atoms with E-state index in [0.717, 1.165) is 0 Å². The van der Waals surface area contributed by atoms with Crippen molar-refractivity contribution in [3.63, 3.8) is 0 Å². The van der Waals surface area contributed by atoms with Crippen molar-refractivity contribution in [3.05, 3.63) is 59.4 Å². The molecule has 0 atom stereocenters. The van der Waals surface area contributed by atoms with Gasteiger partial charge in [0.1, 0.15) is 11.6 Å². The maximum absolute atomic E-state index is 13.3. The van der Waals surface area contributed by atoms with E-state index in [1.165, 1.54) is 19.2 Å². The zero-order valence-electron chi connectivity index (χ0n) is 12.3. The predicted molar refractivity (Wildman–Crippen MR) is 81.2 cm³/mol. The van der Waals surface area contributed by atoms with E-state index in [9.17, 15) is 9.18 Å². The van der Waals surface area contributed by atoms with E-state index in [-0.39, 0.29) is 11.5 Å². The fourth-order valence-corrected chi connectivity index (χ4v) is 2.23. The van der Waals surface area contributed by atoms with Gasteiger partial charge in [0.15, 0.2) is 5.78 Å². The van der Waals surface area contributed by atoms with Crippen molar-refractivity contribution in [2.24, 2.45) is 0 Å². The summed E-state index contributed by atoms with van der Waals surface area (Å²) in [5.74, 6) is -0.0732. The molecule has 0 saturated carbocycles. The lowest BCUT2D eigenvalue weighted by Gasteiger charge is -2.25. The maximum atomic E-state index is 13.3. The number of benzene rings is 2. The summed E-state index contributed by atoms with van der Waals surface area (Å²) in [6.07, 6.45) is 0. The molecule has 0 aliphatic rings. The molecule has 0 unspecified atom stereocenters. The van der Waals surface area contributed by atoms with Crippen molar-refractivity contribution in [1.82, 2.24) is 0 Å². The Morgan fingerprint density at radius 2 is 1.86 bits per heavy atom. The van der Waals surface area contributed by atoms with Crippen LogP contribution in [-0.2, 0) is 5.41 Å². The lowest BCUT2D eigenvalue weighted by molar-refractivity contribution is 0.0905.